The van der Waals surface area contributed by atoms with Gasteiger partial charge < -0.3 is 29.6 Å². The van der Waals surface area contributed by atoms with Crippen LogP contribution in [0.1, 0.15) is 71.9 Å². The number of ether oxygens (including phenoxy) is 4. The van der Waals surface area contributed by atoms with E-state index in [9.17, 15) is 19.2 Å². The Morgan fingerprint density at radius 1 is 0.723 bits per heavy atom. The van der Waals surface area contributed by atoms with Gasteiger partial charge in [-0.05, 0) is 95.0 Å². The molecule has 3 aromatic carbocycles. The number of benzene rings is 3. The molecule has 0 unspecified atom stereocenters. The lowest BCUT2D eigenvalue weighted by Crippen LogP contribution is -2.46. The highest BCUT2D eigenvalue weighted by molar-refractivity contribution is 5.98. The number of hydrogen-bond donors (Lipinski definition) is 3. The monoisotopic (exact) mass is 645 g/mol. The maximum atomic E-state index is 13.4. The Kier molecular flexibility index (Phi) is 10.8. The fourth-order valence-electron chi connectivity index (χ4n) is 5.09. The number of amides is 3. The average Bonchev–Trinajstić information content (AvgIpc) is 3.28. The number of carbonyl (C=O) groups excluding carboxylic acids is 4. The molecule has 1 aliphatic carbocycles. The predicted octanol–water partition coefficient (Wildman–Crippen LogP) is 6.51. The molecule has 47 heavy (non-hydrogen) atoms. The Bertz CT molecular complexity index is 1550. The fraction of sp³-hybridized carbons (Fsp3) is 0.389. The maximum Gasteiger partial charge on any atom is 0.410 e. The van der Waals surface area contributed by atoms with E-state index in [1.807, 2.05) is 48.5 Å². The summed E-state index contributed by atoms with van der Waals surface area (Å²) in [6, 6.07) is 21.0. The summed E-state index contributed by atoms with van der Waals surface area (Å²) in [7, 11) is 0. The number of hydrogen-bond acceptors (Lipinski definition) is 8. The van der Waals surface area contributed by atoms with E-state index in [-0.39, 0.29) is 12.5 Å². The standard InChI is InChI=1S/C36H43N3O8/c1-22(37-34(43)47-36(5,6)7)45-24-18-16-23(17-19-24)38-32(41)30(20-31(40)46-35(2,3)4)39-33(42)44-21-29-27-14-10-8-12-25(27)26-13-9-11-15-28(26)29/h8-19,22,29-30H,20-21H2,1-7H3,(H,37,43)(H,38,41)(H,39,42)/t22-,30-/m0/s1. The topological polar surface area (TPSA) is 141 Å². The first-order chi connectivity index (χ1) is 22.1. The Morgan fingerprint density at radius 2 is 1.28 bits per heavy atom. The lowest BCUT2D eigenvalue weighted by molar-refractivity contribution is -0.156. The molecule has 3 amide bonds. The van der Waals surface area contributed by atoms with Gasteiger partial charge in [0.15, 0.2) is 6.23 Å². The SMILES string of the molecule is C[C@@H](NC(=O)OC(C)(C)C)Oc1ccc(NC(=O)[C@H](CC(=O)OC(C)(C)C)NC(=O)OCC2c3ccccc3-c3ccccc32)cc1. The molecule has 11 heteroatoms. The van der Waals surface area contributed by atoms with Crippen LogP contribution in [0.15, 0.2) is 72.8 Å². The summed E-state index contributed by atoms with van der Waals surface area (Å²) >= 11 is 0. The van der Waals surface area contributed by atoms with Gasteiger partial charge in [-0.3, -0.25) is 14.9 Å². The summed E-state index contributed by atoms with van der Waals surface area (Å²) < 4.78 is 22.0. The summed E-state index contributed by atoms with van der Waals surface area (Å²) in [5.41, 5.74) is 3.23. The van der Waals surface area contributed by atoms with Gasteiger partial charge in [0, 0.05) is 11.6 Å². The number of rotatable bonds is 10. The first kappa shape index (κ1) is 34.8. The molecule has 3 aromatic rings. The predicted molar refractivity (Wildman–Crippen MR) is 177 cm³/mol. The average molecular weight is 646 g/mol. The van der Waals surface area contributed by atoms with Crippen molar-refractivity contribution in [1.29, 1.82) is 0 Å². The van der Waals surface area contributed by atoms with Crippen molar-refractivity contribution >= 4 is 29.8 Å². The van der Waals surface area contributed by atoms with Crippen LogP contribution in [-0.4, -0.2) is 54.1 Å². The molecule has 0 spiro atoms. The number of esters is 1. The van der Waals surface area contributed by atoms with Crippen LogP contribution in [-0.2, 0) is 23.8 Å². The van der Waals surface area contributed by atoms with Gasteiger partial charge in [0.1, 0.15) is 29.6 Å². The van der Waals surface area contributed by atoms with Gasteiger partial charge in [-0.15, -0.1) is 0 Å². The molecular weight excluding hydrogens is 602 g/mol. The van der Waals surface area contributed by atoms with E-state index in [1.165, 1.54) is 0 Å². The first-order valence-electron chi connectivity index (χ1n) is 15.5. The third-order valence-corrected chi connectivity index (χ3v) is 6.90. The Balaban J connectivity index is 1.38. The number of anilines is 1. The second kappa shape index (κ2) is 14.6. The van der Waals surface area contributed by atoms with E-state index in [0.29, 0.717) is 11.4 Å². The quantitative estimate of drug-likeness (QED) is 0.129. The van der Waals surface area contributed by atoms with Crippen molar-refractivity contribution in [2.24, 2.45) is 0 Å². The molecule has 11 nitrogen and oxygen atoms in total. The number of alkyl carbamates (subject to hydrolysis) is 2. The molecule has 4 rings (SSSR count). The molecular formula is C36H43N3O8. The van der Waals surface area contributed by atoms with Crippen molar-refractivity contribution in [2.75, 3.05) is 11.9 Å². The van der Waals surface area contributed by atoms with Crippen LogP contribution in [0.3, 0.4) is 0 Å². The molecule has 0 aromatic heterocycles. The first-order valence-corrected chi connectivity index (χ1v) is 15.5. The van der Waals surface area contributed by atoms with E-state index in [1.54, 1.807) is 72.7 Å². The zero-order valence-electron chi connectivity index (χ0n) is 27.8. The van der Waals surface area contributed by atoms with Crippen LogP contribution in [0.25, 0.3) is 11.1 Å². The minimum absolute atomic E-state index is 0.0449. The zero-order valence-corrected chi connectivity index (χ0v) is 27.8. The van der Waals surface area contributed by atoms with E-state index < -0.39 is 54.0 Å². The molecule has 0 fully saturated rings. The van der Waals surface area contributed by atoms with Crippen LogP contribution >= 0.6 is 0 Å². The second-order valence-electron chi connectivity index (χ2n) is 13.2. The van der Waals surface area contributed by atoms with Gasteiger partial charge in [-0.1, -0.05) is 48.5 Å². The van der Waals surface area contributed by atoms with Crippen molar-refractivity contribution in [1.82, 2.24) is 10.6 Å². The van der Waals surface area contributed by atoms with Gasteiger partial charge in [0.2, 0.25) is 5.91 Å². The van der Waals surface area contributed by atoms with Crippen LogP contribution in [0.2, 0.25) is 0 Å². The van der Waals surface area contributed by atoms with Crippen molar-refractivity contribution in [3.05, 3.63) is 83.9 Å². The second-order valence-corrected chi connectivity index (χ2v) is 13.2. The number of nitrogens with one attached hydrogen (secondary N) is 3. The number of fused-ring (bicyclic) bond motifs is 3. The summed E-state index contributed by atoms with van der Waals surface area (Å²) in [4.78, 5) is 51.1. The highest BCUT2D eigenvalue weighted by atomic mass is 16.6. The van der Waals surface area contributed by atoms with Crippen molar-refractivity contribution in [3.8, 4) is 16.9 Å². The van der Waals surface area contributed by atoms with Gasteiger partial charge in [-0.2, -0.15) is 0 Å². The molecule has 0 saturated carbocycles. The summed E-state index contributed by atoms with van der Waals surface area (Å²) in [5, 5.41) is 7.85. The third-order valence-electron chi connectivity index (χ3n) is 6.90. The van der Waals surface area contributed by atoms with E-state index in [0.717, 1.165) is 22.3 Å². The van der Waals surface area contributed by atoms with Gasteiger partial charge >= 0.3 is 18.2 Å². The lowest BCUT2D eigenvalue weighted by Gasteiger charge is -2.23. The van der Waals surface area contributed by atoms with Crippen LogP contribution in [0, 0.1) is 0 Å². The van der Waals surface area contributed by atoms with Crippen molar-refractivity contribution in [3.63, 3.8) is 0 Å². The van der Waals surface area contributed by atoms with Crippen LogP contribution < -0.4 is 20.7 Å². The highest BCUT2D eigenvalue weighted by Crippen LogP contribution is 2.44. The van der Waals surface area contributed by atoms with Crippen molar-refractivity contribution in [2.45, 2.75) is 84.3 Å². The van der Waals surface area contributed by atoms with E-state index in [4.69, 9.17) is 18.9 Å². The Hall–Kier alpha value is -5.06. The minimum atomic E-state index is -1.28. The normalized spacial score (nSPS) is 13.7. The maximum absolute atomic E-state index is 13.4. The molecule has 0 radical (unpaired) electrons. The molecule has 0 heterocycles. The molecule has 250 valence electrons. The van der Waals surface area contributed by atoms with Gasteiger partial charge in [0.25, 0.3) is 0 Å². The van der Waals surface area contributed by atoms with E-state index >= 15 is 0 Å². The third kappa shape index (κ3) is 10.2. The fourth-order valence-corrected chi connectivity index (χ4v) is 5.09. The zero-order chi connectivity index (χ0) is 34.4. The summed E-state index contributed by atoms with van der Waals surface area (Å²) in [6.07, 6.45) is -2.56. The highest BCUT2D eigenvalue weighted by Gasteiger charge is 2.31. The molecule has 3 N–H and O–H groups in total. The van der Waals surface area contributed by atoms with Gasteiger partial charge in [0.05, 0.1) is 6.42 Å². The molecule has 0 aliphatic heterocycles. The Morgan fingerprint density at radius 3 is 1.83 bits per heavy atom. The van der Waals surface area contributed by atoms with Gasteiger partial charge in [-0.25, -0.2) is 9.59 Å². The van der Waals surface area contributed by atoms with E-state index in [2.05, 4.69) is 16.0 Å². The minimum Gasteiger partial charge on any atom is -0.471 e. The summed E-state index contributed by atoms with van der Waals surface area (Å²) in [6.45, 7) is 12.1. The van der Waals surface area contributed by atoms with Crippen LogP contribution in [0.4, 0.5) is 15.3 Å². The number of carbonyl (C=O) groups is 4. The molecule has 0 saturated heterocycles. The van der Waals surface area contributed by atoms with Crippen LogP contribution in [0.5, 0.6) is 5.75 Å². The molecule has 2 atom stereocenters. The van der Waals surface area contributed by atoms with Crippen molar-refractivity contribution < 1.29 is 38.1 Å². The summed E-state index contributed by atoms with van der Waals surface area (Å²) in [5.74, 6) is -1.05. The largest absolute Gasteiger partial charge is 0.471 e. The molecule has 1 aliphatic rings. The smallest absolute Gasteiger partial charge is 0.410 e. The molecule has 0 bridgehead atoms. The Labute approximate surface area is 275 Å². The lowest BCUT2D eigenvalue weighted by atomic mass is 9.98.